The van der Waals surface area contributed by atoms with Crippen LogP contribution in [0.2, 0.25) is 0 Å². The highest BCUT2D eigenvalue weighted by atomic mass is 19.1. The van der Waals surface area contributed by atoms with Gasteiger partial charge in [-0.25, -0.2) is 9.18 Å². The van der Waals surface area contributed by atoms with E-state index < -0.39 is 0 Å². The maximum Gasteiger partial charge on any atom is 0.315 e. The maximum atomic E-state index is 12.8. The first-order valence-electron chi connectivity index (χ1n) is 7.80. The number of halogens is 1. The van der Waals surface area contributed by atoms with E-state index in [0.29, 0.717) is 25.5 Å². The number of carbonyl (C=O) groups is 1. The number of amides is 2. The quantitative estimate of drug-likeness (QED) is 0.905. The van der Waals surface area contributed by atoms with Crippen molar-refractivity contribution in [1.29, 1.82) is 0 Å². The summed E-state index contributed by atoms with van der Waals surface area (Å²) in [5, 5.41) is 5.62. The Hall–Kier alpha value is -2.76. The Morgan fingerprint density at radius 2 is 1.83 bits per heavy atom. The predicted molar refractivity (Wildman–Crippen MR) is 87.6 cm³/mol. The predicted octanol–water partition coefficient (Wildman–Crippen LogP) is 3.16. The van der Waals surface area contributed by atoms with E-state index in [0.717, 1.165) is 16.9 Å². The second-order valence-electron chi connectivity index (χ2n) is 5.58. The van der Waals surface area contributed by atoms with Gasteiger partial charge in [0.1, 0.15) is 19.0 Å². The molecule has 6 heteroatoms. The van der Waals surface area contributed by atoms with Crippen molar-refractivity contribution < 1.29 is 18.7 Å². The Labute approximate surface area is 139 Å². The lowest BCUT2D eigenvalue weighted by Gasteiger charge is -2.21. The minimum atomic E-state index is -0.296. The van der Waals surface area contributed by atoms with Gasteiger partial charge in [0.15, 0.2) is 11.5 Å². The van der Waals surface area contributed by atoms with Crippen LogP contribution in [0.5, 0.6) is 11.5 Å². The molecule has 1 heterocycles. The fourth-order valence-electron chi connectivity index (χ4n) is 2.44. The van der Waals surface area contributed by atoms with Gasteiger partial charge < -0.3 is 20.1 Å². The molecule has 0 radical (unpaired) electrons. The molecular formula is C18H19FN2O3. The fourth-order valence-corrected chi connectivity index (χ4v) is 2.44. The molecule has 1 aliphatic rings. The van der Waals surface area contributed by atoms with Gasteiger partial charge in [-0.1, -0.05) is 18.2 Å². The summed E-state index contributed by atoms with van der Waals surface area (Å²) in [5.74, 6) is 1.12. The Morgan fingerprint density at radius 3 is 2.58 bits per heavy atom. The van der Waals surface area contributed by atoms with Gasteiger partial charge in [0.25, 0.3) is 0 Å². The van der Waals surface area contributed by atoms with Crippen molar-refractivity contribution >= 4 is 6.03 Å². The van der Waals surface area contributed by atoms with Crippen LogP contribution in [0.1, 0.15) is 24.1 Å². The zero-order chi connectivity index (χ0) is 16.9. The molecule has 3 rings (SSSR count). The highest BCUT2D eigenvalue weighted by Gasteiger charge is 2.15. The van der Waals surface area contributed by atoms with Crippen molar-refractivity contribution in [2.24, 2.45) is 0 Å². The van der Waals surface area contributed by atoms with E-state index in [9.17, 15) is 9.18 Å². The summed E-state index contributed by atoms with van der Waals surface area (Å²) < 4.78 is 23.9. The van der Waals surface area contributed by atoms with Gasteiger partial charge in [-0.2, -0.15) is 0 Å². The van der Waals surface area contributed by atoms with Crippen molar-refractivity contribution in [3.05, 3.63) is 59.4 Å². The minimum absolute atomic E-state index is 0.186. The third kappa shape index (κ3) is 3.95. The first-order chi connectivity index (χ1) is 11.6. The monoisotopic (exact) mass is 330 g/mol. The lowest BCUT2D eigenvalue weighted by atomic mass is 10.1. The van der Waals surface area contributed by atoms with Gasteiger partial charge in [-0.15, -0.1) is 0 Å². The molecule has 0 aliphatic carbocycles. The lowest BCUT2D eigenvalue weighted by molar-refractivity contribution is 0.171. The van der Waals surface area contributed by atoms with Gasteiger partial charge in [-0.05, 0) is 42.3 Å². The molecular weight excluding hydrogens is 311 g/mol. The Bertz CT molecular complexity index is 719. The first-order valence-corrected chi connectivity index (χ1v) is 7.80. The summed E-state index contributed by atoms with van der Waals surface area (Å²) in [6.45, 7) is 3.30. The molecule has 0 fully saturated rings. The second kappa shape index (κ2) is 7.21. The standard InChI is InChI=1S/C18H19FN2O3/c1-12(14-4-7-16-17(10-14)24-9-8-23-16)21-18(22)20-11-13-2-5-15(19)6-3-13/h2-7,10,12H,8-9,11H2,1H3,(H2,20,21,22)/t12-/m1/s1. The number of ether oxygens (including phenoxy) is 2. The van der Waals surface area contributed by atoms with Crippen LogP contribution in [0.3, 0.4) is 0 Å². The van der Waals surface area contributed by atoms with Crippen LogP contribution in [0.25, 0.3) is 0 Å². The average molecular weight is 330 g/mol. The molecule has 0 spiro atoms. The van der Waals surface area contributed by atoms with E-state index in [-0.39, 0.29) is 17.9 Å². The summed E-state index contributed by atoms with van der Waals surface area (Å²) in [5.41, 5.74) is 1.76. The molecule has 24 heavy (non-hydrogen) atoms. The number of hydrogen-bond acceptors (Lipinski definition) is 3. The highest BCUT2D eigenvalue weighted by molar-refractivity contribution is 5.74. The van der Waals surface area contributed by atoms with E-state index in [2.05, 4.69) is 10.6 Å². The van der Waals surface area contributed by atoms with Crippen molar-refractivity contribution in [3.63, 3.8) is 0 Å². The number of fused-ring (bicyclic) bond motifs is 1. The third-order valence-corrected chi connectivity index (χ3v) is 3.78. The van der Waals surface area contributed by atoms with Gasteiger partial charge in [0, 0.05) is 6.54 Å². The van der Waals surface area contributed by atoms with Crippen molar-refractivity contribution in [1.82, 2.24) is 10.6 Å². The van der Waals surface area contributed by atoms with E-state index in [1.807, 2.05) is 25.1 Å². The molecule has 0 unspecified atom stereocenters. The summed E-state index contributed by atoms with van der Waals surface area (Å²) >= 11 is 0. The number of urea groups is 1. The second-order valence-corrected chi connectivity index (χ2v) is 5.58. The Morgan fingerprint density at radius 1 is 1.12 bits per heavy atom. The zero-order valence-corrected chi connectivity index (χ0v) is 13.3. The van der Waals surface area contributed by atoms with Crippen molar-refractivity contribution in [2.75, 3.05) is 13.2 Å². The Kier molecular flexibility index (Phi) is 4.84. The smallest absolute Gasteiger partial charge is 0.315 e. The van der Waals surface area contributed by atoms with Crippen LogP contribution < -0.4 is 20.1 Å². The topological polar surface area (TPSA) is 59.6 Å². The molecule has 5 nitrogen and oxygen atoms in total. The van der Waals surface area contributed by atoms with Gasteiger partial charge >= 0.3 is 6.03 Å². The highest BCUT2D eigenvalue weighted by Crippen LogP contribution is 2.32. The normalized spacial score (nSPS) is 13.9. The molecule has 1 aliphatic heterocycles. The third-order valence-electron chi connectivity index (χ3n) is 3.78. The molecule has 2 aromatic rings. The number of carbonyl (C=O) groups excluding carboxylic acids is 1. The SMILES string of the molecule is C[C@@H](NC(=O)NCc1ccc(F)cc1)c1ccc2c(c1)OCCO2. The number of rotatable bonds is 4. The average Bonchev–Trinajstić information content (AvgIpc) is 2.61. The van der Waals surface area contributed by atoms with Crippen LogP contribution in [0.15, 0.2) is 42.5 Å². The summed E-state index contributed by atoms with van der Waals surface area (Å²) in [6, 6.07) is 11.2. The number of hydrogen-bond donors (Lipinski definition) is 2. The Balaban J connectivity index is 1.55. The first kappa shape index (κ1) is 16.1. The zero-order valence-electron chi connectivity index (χ0n) is 13.3. The van der Waals surface area contributed by atoms with Gasteiger partial charge in [-0.3, -0.25) is 0 Å². The van der Waals surface area contributed by atoms with Crippen molar-refractivity contribution in [2.45, 2.75) is 19.5 Å². The minimum Gasteiger partial charge on any atom is -0.486 e. The van der Waals surface area contributed by atoms with Gasteiger partial charge in [0.2, 0.25) is 0 Å². The molecule has 0 bridgehead atoms. The number of nitrogens with one attached hydrogen (secondary N) is 2. The molecule has 126 valence electrons. The van der Waals surface area contributed by atoms with Crippen LogP contribution in [0, 0.1) is 5.82 Å². The van der Waals surface area contributed by atoms with E-state index >= 15 is 0 Å². The molecule has 0 saturated carbocycles. The van der Waals surface area contributed by atoms with Crippen LogP contribution in [-0.4, -0.2) is 19.2 Å². The van der Waals surface area contributed by atoms with E-state index in [1.165, 1.54) is 12.1 Å². The van der Waals surface area contributed by atoms with Crippen LogP contribution >= 0.6 is 0 Å². The summed E-state index contributed by atoms with van der Waals surface area (Å²) in [4.78, 5) is 12.0. The summed E-state index contributed by atoms with van der Waals surface area (Å²) in [6.07, 6.45) is 0. The molecule has 0 saturated heterocycles. The number of benzene rings is 2. The summed E-state index contributed by atoms with van der Waals surface area (Å²) in [7, 11) is 0. The van der Waals surface area contributed by atoms with Crippen LogP contribution in [-0.2, 0) is 6.54 Å². The van der Waals surface area contributed by atoms with Crippen LogP contribution in [0.4, 0.5) is 9.18 Å². The largest absolute Gasteiger partial charge is 0.486 e. The van der Waals surface area contributed by atoms with Crippen molar-refractivity contribution in [3.8, 4) is 11.5 Å². The lowest BCUT2D eigenvalue weighted by Crippen LogP contribution is -2.36. The molecule has 2 aromatic carbocycles. The molecule has 2 N–H and O–H groups in total. The van der Waals surface area contributed by atoms with Gasteiger partial charge in [0.05, 0.1) is 6.04 Å². The maximum absolute atomic E-state index is 12.8. The molecule has 1 atom stereocenters. The van der Waals surface area contributed by atoms with E-state index in [1.54, 1.807) is 12.1 Å². The molecule has 0 aromatic heterocycles. The molecule has 2 amide bonds. The fraction of sp³-hybridized carbons (Fsp3) is 0.278. The van der Waals surface area contributed by atoms with E-state index in [4.69, 9.17) is 9.47 Å².